The van der Waals surface area contributed by atoms with E-state index in [0.717, 1.165) is 0 Å². The highest BCUT2D eigenvalue weighted by atomic mass is 16.5. The van der Waals surface area contributed by atoms with E-state index >= 15 is 0 Å². The second kappa shape index (κ2) is 8.75. The van der Waals surface area contributed by atoms with E-state index in [1.54, 1.807) is 36.4 Å². The van der Waals surface area contributed by atoms with Gasteiger partial charge in [0.2, 0.25) is 11.7 Å². The average Bonchev–Trinajstić information content (AvgIpc) is 2.66. The molecule has 0 saturated heterocycles. The van der Waals surface area contributed by atoms with Crippen LogP contribution in [0.25, 0.3) is 0 Å². The van der Waals surface area contributed by atoms with Crippen molar-refractivity contribution in [1.29, 1.82) is 0 Å². The zero-order valence-electron chi connectivity index (χ0n) is 15.1. The van der Waals surface area contributed by atoms with Crippen LogP contribution in [0.1, 0.15) is 15.9 Å². The monoisotopic (exact) mass is 359 g/mol. The van der Waals surface area contributed by atoms with Crippen LogP contribution in [0.2, 0.25) is 0 Å². The fraction of sp³-hybridized carbons (Fsp3) is 0.263. The summed E-state index contributed by atoms with van der Waals surface area (Å²) in [6, 6.07) is 9.89. The summed E-state index contributed by atoms with van der Waals surface area (Å²) in [7, 11) is 5.87. The molecular weight excluding hydrogens is 338 g/mol. The molecule has 2 rings (SSSR count). The molecule has 2 aromatic carbocycles. The van der Waals surface area contributed by atoms with Gasteiger partial charge in [0, 0.05) is 5.69 Å². The molecule has 7 heteroatoms. The quantitative estimate of drug-likeness (QED) is 0.766. The maximum atomic E-state index is 12.3. The van der Waals surface area contributed by atoms with E-state index in [1.165, 1.54) is 28.4 Å². The fourth-order valence-electron chi connectivity index (χ4n) is 2.44. The van der Waals surface area contributed by atoms with Gasteiger partial charge >= 0.3 is 5.97 Å². The van der Waals surface area contributed by atoms with Crippen molar-refractivity contribution < 1.29 is 28.5 Å². The number of methoxy groups -OCH3 is 4. The summed E-state index contributed by atoms with van der Waals surface area (Å²) < 4.78 is 20.5. The molecule has 0 aliphatic rings. The zero-order chi connectivity index (χ0) is 19.1. The van der Waals surface area contributed by atoms with E-state index in [-0.39, 0.29) is 12.3 Å². The molecule has 0 spiro atoms. The molecule has 0 aromatic heterocycles. The van der Waals surface area contributed by atoms with Crippen LogP contribution in [0.4, 0.5) is 5.69 Å². The summed E-state index contributed by atoms with van der Waals surface area (Å²) >= 11 is 0. The third-order valence-electron chi connectivity index (χ3n) is 3.68. The number of benzene rings is 2. The maximum Gasteiger partial charge on any atom is 0.337 e. The highest BCUT2D eigenvalue weighted by Gasteiger charge is 2.15. The van der Waals surface area contributed by atoms with Crippen molar-refractivity contribution in [3.05, 3.63) is 47.5 Å². The standard InChI is InChI=1S/C19H21NO6/c1-23-15-9-12(10-16(24-2)18(15)25-3)11-17(21)20-14-7-5-13(6-8-14)19(22)26-4/h5-10H,11H2,1-4H3,(H,20,21). The first-order valence-electron chi connectivity index (χ1n) is 7.79. The topological polar surface area (TPSA) is 83.1 Å². The zero-order valence-corrected chi connectivity index (χ0v) is 15.1. The van der Waals surface area contributed by atoms with Gasteiger partial charge in [-0.25, -0.2) is 4.79 Å². The number of esters is 1. The number of carbonyl (C=O) groups excluding carboxylic acids is 2. The van der Waals surface area contributed by atoms with Crippen LogP contribution in [0.3, 0.4) is 0 Å². The van der Waals surface area contributed by atoms with Gasteiger partial charge in [-0.3, -0.25) is 4.79 Å². The molecule has 0 aliphatic carbocycles. The van der Waals surface area contributed by atoms with Crippen LogP contribution in [0.15, 0.2) is 36.4 Å². The summed E-state index contributed by atoms with van der Waals surface area (Å²) in [5, 5.41) is 2.77. The Morgan fingerprint density at radius 3 is 1.92 bits per heavy atom. The molecule has 0 radical (unpaired) electrons. The van der Waals surface area contributed by atoms with Gasteiger partial charge in [-0.15, -0.1) is 0 Å². The lowest BCUT2D eigenvalue weighted by molar-refractivity contribution is -0.115. The second-order valence-corrected chi connectivity index (χ2v) is 5.33. The van der Waals surface area contributed by atoms with Gasteiger partial charge in [0.15, 0.2) is 11.5 Å². The van der Waals surface area contributed by atoms with Crippen LogP contribution in [0.5, 0.6) is 17.2 Å². The Bertz CT molecular complexity index is 760. The van der Waals surface area contributed by atoms with Crippen LogP contribution in [-0.4, -0.2) is 40.3 Å². The lowest BCUT2D eigenvalue weighted by atomic mass is 10.1. The number of carbonyl (C=O) groups is 2. The lowest BCUT2D eigenvalue weighted by Crippen LogP contribution is -2.14. The number of ether oxygens (including phenoxy) is 4. The summed E-state index contributed by atoms with van der Waals surface area (Å²) in [4.78, 5) is 23.7. The third-order valence-corrected chi connectivity index (χ3v) is 3.68. The first-order valence-corrected chi connectivity index (χ1v) is 7.79. The number of anilines is 1. The fourth-order valence-corrected chi connectivity index (χ4v) is 2.44. The highest BCUT2D eigenvalue weighted by molar-refractivity contribution is 5.94. The van der Waals surface area contributed by atoms with E-state index < -0.39 is 5.97 Å². The molecule has 0 unspecified atom stereocenters. The van der Waals surface area contributed by atoms with Crippen molar-refractivity contribution in [1.82, 2.24) is 0 Å². The maximum absolute atomic E-state index is 12.3. The van der Waals surface area contributed by atoms with Gasteiger partial charge in [-0.2, -0.15) is 0 Å². The molecule has 138 valence electrons. The van der Waals surface area contributed by atoms with Crippen LogP contribution < -0.4 is 19.5 Å². The number of nitrogens with one attached hydrogen (secondary N) is 1. The predicted octanol–water partition coefficient (Wildman–Crippen LogP) is 2.68. The molecular formula is C19H21NO6. The first-order chi connectivity index (χ1) is 12.5. The largest absolute Gasteiger partial charge is 0.493 e. The van der Waals surface area contributed by atoms with Crippen LogP contribution in [-0.2, 0) is 16.0 Å². The van der Waals surface area contributed by atoms with E-state index in [0.29, 0.717) is 34.1 Å². The molecule has 0 heterocycles. The van der Waals surface area contributed by atoms with Gasteiger partial charge in [0.05, 0.1) is 40.4 Å². The van der Waals surface area contributed by atoms with Gasteiger partial charge in [-0.05, 0) is 42.0 Å². The predicted molar refractivity (Wildman–Crippen MR) is 96.2 cm³/mol. The number of hydrogen-bond acceptors (Lipinski definition) is 6. The third kappa shape index (κ3) is 4.44. The Hall–Kier alpha value is -3.22. The van der Waals surface area contributed by atoms with E-state index in [4.69, 9.17) is 14.2 Å². The van der Waals surface area contributed by atoms with E-state index in [2.05, 4.69) is 10.1 Å². The minimum atomic E-state index is -0.430. The van der Waals surface area contributed by atoms with Crippen molar-refractivity contribution in [2.24, 2.45) is 0 Å². The molecule has 0 fully saturated rings. The summed E-state index contributed by atoms with van der Waals surface area (Å²) in [6.45, 7) is 0. The van der Waals surface area contributed by atoms with E-state index in [1.807, 2.05) is 0 Å². The molecule has 26 heavy (non-hydrogen) atoms. The Balaban J connectivity index is 2.11. The second-order valence-electron chi connectivity index (χ2n) is 5.33. The van der Waals surface area contributed by atoms with Crippen LogP contribution in [0, 0.1) is 0 Å². The molecule has 2 aromatic rings. The van der Waals surface area contributed by atoms with Crippen molar-refractivity contribution in [2.75, 3.05) is 33.8 Å². The number of amides is 1. The minimum absolute atomic E-state index is 0.121. The van der Waals surface area contributed by atoms with Crippen molar-refractivity contribution in [3.8, 4) is 17.2 Å². The van der Waals surface area contributed by atoms with Crippen molar-refractivity contribution in [2.45, 2.75) is 6.42 Å². The molecule has 0 bridgehead atoms. The molecule has 1 N–H and O–H groups in total. The van der Waals surface area contributed by atoms with Gasteiger partial charge in [0.25, 0.3) is 0 Å². The lowest BCUT2D eigenvalue weighted by Gasteiger charge is -2.14. The highest BCUT2D eigenvalue weighted by Crippen LogP contribution is 2.38. The van der Waals surface area contributed by atoms with Crippen LogP contribution >= 0.6 is 0 Å². The Labute approximate surface area is 151 Å². The Kier molecular flexibility index (Phi) is 6.43. The summed E-state index contributed by atoms with van der Waals surface area (Å²) in [6.07, 6.45) is 0.121. The number of rotatable bonds is 7. The van der Waals surface area contributed by atoms with Crippen molar-refractivity contribution >= 4 is 17.6 Å². The molecule has 0 saturated carbocycles. The van der Waals surface area contributed by atoms with Crippen molar-refractivity contribution in [3.63, 3.8) is 0 Å². The Morgan fingerprint density at radius 2 is 1.46 bits per heavy atom. The van der Waals surface area contributed by atoms with E-state index in [9.17, 15) is 9.59 Å². The SMILES string of the molecule is COC(=O)c1ccc(NC(=O)Cc2cc(OC)c(OC)c(OC)c2)cc1. The van der Waals surface area contributed by atoms with Gasteiger partial charge in [0.1, 0.15) is 0 Å². The first kappa shape index (κ1) is 19.1. The Morgan fingerprint density at radius 1 is 0.885 bits per heavy atom. The molecule has 7 nitrogen and oxygen atoms in total. The molecule has 0 aliphatic heterocycles. The minimum Gasteiger partial charge on any atom is -0.493 e. The average molecular weight is 359 g/mol. The normalized spacial score (nSPS) is 10.0. The van der Waals surface area contributed by atoms with Gasteiger partial charge < -0.3 is 24.3 Å². The molecule has 1 amide bonds. The van der Waals surface area contributed by atoms with Gasteiger partial charge in [-0.1, -0.05) is 0 Å². The summed E-state index contributed by atoms with van der Waals surface area (Å²) in [5.41, 5.74) is 1.70. The molecule has 0 atom stereocenters. The smallest absolute Gasteiger partial charge is 0.337 e. The number of hydrogen-bond donors (Lipinski definition) is 1. The summed E-state index contributed by atoms with van der Waals surface area (Å²) in [5.74, 6) is 0.789.